The lowest BCUT2D eigenvalue weighted by atomic mass is 10.0. The van der Waals surface area contributed by atoms with Crippen molar-refractivity contribution in [1.29, 1.82) is 5.41 Å². The number of nitrogens with one attached hydrogen (secondary N) is 3. The van der Waals surface area contributed by atoms with Crippen LogP contribution in [0.2, 0.25) is 0 Å². The maximum Gasteiger partial charge on any atom is 0.331 e. The van der Waals surface area contributed by atoms with Crippen LogP contribution in [-0.4, -0.2) is 53.1 Å². The molecule has 0 saturated carbocycles. The molecule has 35 heavy (non-hydrogen) atoms. The number of hydrogen-bond acceptors (Lipinski definition) is 7. The number of likely N-dealkylation sites (tertiary alicyclic amines) is 1. The van der Waals surface area contributed by atoms with E-state index in [1.807, 2.05) is 0 Å². The molecule has 1 aromatic carbocycles. The van der Waals surface area contributed by atoms with E-state index in [9.17, 15) is 22.8 Å². The summed E-state index contributed by atoms with van der Waals surface area (Å²) in [5.41, 5.74) is 4.02. The van der Waals surface area contributed by atoms with Gasteiger partial charge in [0.2, 0.25) is 15.9 Å². The summed E-state index contributed by atoms with van der Waals surface area (Å²) in [6.45, 7) is -0.148. The third-order valence-electron chi connectivity index (χ3n) is 5.41. The number of carbonyl (C=O) groups is 1. The second kappa shape index (κ2) is 11.2. The van der Waals surface area contributed by atoms with Gasteiger partial charge in [0.1, 0.15) is 35.2 Å². The number of sulfonamides is 1. The number of benzene rings is 1. The van der Waals surface area contributed by atoms with Crippen LogP contribution in [0.1, 0.15) is 18.4 Å². The van der Waals surface area contributed by atoms with Crippen LogP contribution in [0, 0.1) is 5.41 Å². The van der Waals surface area contributed by atoms with Gasteiger partial charge in [0, 0.05) is 19.8 Å². The Morgan fingerprint density at radius 1 is 1.29 bits per heavy atom. The third-order valence-corrected chi connectivity index (χ3v) is 7.18. The number of nitrogens with two attached hydrogens (primary N) is 1. The number of rotatable bonds is 8. The smallest absolute Gasteiger partial charge is 0.331 e. The molecule has 1 fully saturated rings. The topological polar surface area (TPSA) is 182 Å². The Labute approximate surface area is 215 Å². The Morgan fingerprint density at radius 3 is 2.60 bits per heavy atom. The zero-order valence-corrected chi connectivity index (χ0v) is 21.8. The van der Waals surface area contributed by atoms with Gasteiger partial charge in [-0.2, -0.15) is 0 Å². The third kappa shape index (κ3) is 6.61. The minimum absolute atomic E-state index is 0.203. The number of halogens is 1. The Kier molecular flexibility index (Phi) is 8.55. The van der Waals surface area contributed by atoms with E-state index >= 15 is 0 Å². The zero-order chi connectivity index (χ0) is 25.8. The Bertz CT molecular complexity index is 1310. The van der Waals surface area contributed by atoms with E-state index in [4.69, 9.17) is 14.2 Å². The van der Waals surface area contributed by atoms with Crippen LogP contribution in [0.25, 0.3) is 0 Å². The van der Waals surface area contributed by atoms with Crippen LogP contribution in [0.3, 0.4) is 0 Å². The van der Waals surface area contributed by atoms with Crippen LogP contribution in [0.5, 0.6) is 0 Å². The lowest BCUT2D eigenvalue weighted by Crippen LogP contribution is -2.59. The van der Waals surface area contributed by atoms with Crippen molar-refractivity contribution < 1.29 is 16.3 Å². The lowest BCUT2D eigenvalue weighted by Gasteiger charge is -2.39. The summed E-state index contributed by atoms with van der Waals surface area (Å²) in [4.78, 5) is 39.8. The number of aromatic nitrogens is 2. The number of anilines is 1. The number of nitrogens with zero attached hydrogens (tertiary/aromatic N) is 3. The molecule has 0 spiro atoms. The molecule has 2 aromatic rings. The van der Waals surface area contributed by atoms with E-state index in [2.05, 4.69) is 10.0 Å². The van der Waals surface area contributed by atoms with Gasteiger partial charge >= 0.3 is 5.69 Å². The number of piperidine rings is 1. The van der Waals surface area contributed by atoms with Gasteiger partial charge in [-0.3, -0.25) is 22.8 Å². The number of carbonyl (C=O) groups excluding carboxylic acids is 1. The van der Waals surface area contributed by atoms with E-state index < -0.39 is 46.0 Å². The summed E-state index contributed by atoms with van der Waals surface area (Å²) in [6, 6.07) is 7.86. The van der Waals surface area contributed by atoms with Gasteiger partial charge in [-0.1, -0.05) is 30.3 Å². The fraction of sp³-hybridized carbons (Fsp3) is 0.400. The monoisotopic (exact) mass is 619 g/mol. The maximum absolute atomic E-state index is 12.9. The van der Waals surface area contributed by atoms with Crippen LogP contribution < -0.4 is 27.0 Å². The second-order valence-corrected chi connectivity index (χ2v) is 10.3. The van der Waals surface area contributed by atoms with E-state index in [1.54, 1.807) is 53.3 Å². The number of guanidine groups is 1. The molecule has 1 aliphatic heterocycles. The zero-order valence-electron chi connectivity index (χ0n) is 18.8. The molecule has 190 valence electrons. The molecule has 3 rings (SSSR count). The molecule has 5 N–H and O–H groups in total. The summed E-state index contributed by atoms with van der Waals surface area (Å²) in [5, 5.41) is 10.4. The Hall–Kier alpha value is -2.92. The molecule has 1 amide bonds. The molecule has 1 aliphatic rings. The quantitative estimate of drug-likeness (QED) is 0.176. The van der Waals surface area contributed by atoms with Crippen LogP contribution in [-0.2, 0) is 37.2 Å². The van der Waals surface area contributed by atoms with Crippen molar-refractivity contribution in [3.05, 3.63) is 62.9 Å². The molecule has 0 bridgehead atoms. The molecule has 15 heteroatoms. The van der Waals surface area contributed by atoms with Gasteiger partial charge < -0.3 is 20.5 Å². The van der Waals surface area contributed by atoms with Crippen molar-refractivity contribution in [2.75, 3.05) is 11.3 Å². The molecule has 2 unspecified atom stereocenters. The molecule has 2 heterocycles. The van der Waals surface area contributed by atoms with E-state index in [1.165, 1.54) is 11.9 Å². The normalized spacial score (nSPS) is 18.2. The van der Waals surface area contributed by atoms with E-state index in [0.29, 0.717) is 29.5 Å². The van der Waals surface area contributed by atoms with Crippen molar-refractivity contribution in [3.63, 3.8) is 0 Å². The minimum Gasteiger partial charge on any atom is -0.370 e. The molecule has 1 aromatic heterocycles. The van der Waals surface area contributed by atoms with Gasteiger partial charge in [-0.05, 0) is 18.4 Å². The van der Waals surface area contributed by atoms with Crippen molar-refractivity contribution in [2.45, 2.75) is 37.4 Å². The Morgan fingerprint density at radius 2 is 1.97 bits per heavy atom. The van der Waals surface area contributed by atoms with Crippen molar-refractivity contribution in [3.8, 4) is 0 Å². The first kappa shape index (κ1) is 26.7. The molecule has 13 nitrogen and oxygen atoms in total. The summed E-state index contributed by atoms with van der Waals surface area (Å²) in [5.74, 6) is -1.23. The Balaban J connectivity index is 1.80. The highest BCUT2D eigenvalue weighted by molar-refractivity contribution is 14.1. The standard InChI is InChI=1S/C20H26IN7O6S/c1-26-10-15(25-35(32,33)12-13-6-3-2-4-7-13)17(30)28(20(26)31)11-16(29)24-14-8-5-9-27(19(22)23)18(14)34-21/h2-4,6-7,10,14,18,25H,5,8-9,11-12H2,1H3,(H3,22,23)(H,24,29). The molecule has 1 saturated heterocycles. The van der Waals surface area contributed by atoms with Crippen LogP contribution in [0.4, 0.5) is 5.69 Å². The molecular weight excluding hydrogens is 593 g/mol. The average Bonchev–Trinajstić information content (AvgIpc) is 2.80. The van der Waals surface area contributed by atoms with Crippen LogP contribution in [0.15, 0.2) is 46.1 Å². The van der Waals surface area contributed by atoms with E-state index in [-0.39, 0.29) is 17.4 Å². The first-order valence-electron chi connectivity index (χ1n) is 10.5. The number of amides is 1. The molecule has 0 radical (unpaired) electrons. The second-order valence-electron chi connectivity index (χ2n) is 8.05. The summed E-state index contributed by atoms with van der Waals surface area (Å²) < 4.78 is 34.4. The van der Waals surface area contributed by atoms with Crippen molar-refractivity contribution in [1.82, 2.24) is 19.4 Å². The van der Waals surface area contributed by atoms with Gasteiger partial charge in [-0.25, -0.2) is 17.8 Å². The van der Waals surface area contributed by atoms with Gasteiger partial charge in [-0.15, -0.1) is 0 Å². The molecule has 2 atom stereocenters. The fourth-order valence-corrected chi connectivity index (χ4v) is 5.62. The average molecular weight is 619 g/mol. The van der Waals surface area contributed by atoms with Crippen molar-refractivity contribution in [2.24, 2.45) is 12.8 Å². The number of aryl methyl sites for hydroxylation is 1. The highest BCUT2D eigenvalue weighted by atomic mass is 127. The molecular formula is C20H26IN7O6S. The lowest BCUT2D eigenvalue weighted by molar-refractivity contribution is -0.124. The molecule has 0 aliphatic carbocycles. The maximum atomic E-state index is 12.9. The minimum atomic E-state index is -3.97. The SMILES string of the molecule is Cn1cc(NS(=O)(=O)Cc2ccccc2)c(=O)n(CC(=O)NC2CCCN(C(=N)N)C2OI)c1=O. The van der Waals surface area contributed by atoms with Crippen molar-refractivity contribution >= 4 is 50.6 Å². The van der Waals surface area contributed by atoms with Gasteiger partial charge in [0.05, 0.1) is 11.8 Å². The highest BCUT2D eigenvalue weighted by Crippen LogP contribution is 2.20. The van der Waals surface area contributed by atoms with Gasteiger partial charge in [0.15, 0.2) is 12.2 Å². The van der Waals surface area contributed by atoms with E-state index in [0.717, 1.165) is 10.8 Å². The first-order chi connectivity index (χ1) is 16.5. The predicted octanol–water partition coefficient (Wildman–Crippen LogP) is -0.344. The van der Waals surface area contributed by atoms with Gasteiger partial charge in [0.25, 0.3) is 5.56 Å². The fourth-order valence-electron chi connectivity index (χ4n) is 3.81. The summed E-state index contributed by atoms with van der Waals surface area (Å²) >= 11 is 1.66. The largest absolute Gasteiger partial charge is 0.370 e. The highest BCUT2D eigenvalue weighted by Gasteiger charge is 2.34. The first-order valence-corrected chi connectivity index (χ1v) is 13.1. The number of hydrogen-bond donors (Lipinski definition) is 4. The summed E-state index contributed by atoms with van der Waals surface area (Å²) in [7, 11) is -2.62. The summed E-state index contributed by atoms with van der Waals surface area (Å²) in [6.07, 6.45) is 1.56. The predicted molar refractivity (Wildman–Crippen MR) is 137 cm³/mol. The van der Waals surface area contributed by atoms with Crippen LogP contribution >= 0.6 is 23.0 Å².